The van der Waals surface area contributed by atoms with Crippen molar-refractivity contribution in [2.24, 2.45) is 0 Å². The van der Waals surface area contributed by atoms with E-state index in [1.807, 2.05) is 6.07 Å². The summed E-state index contributed by atoms with van der Waals surface area (Å²) in [5, 5.41) is 24.0. The van der Waals surface area contributed by atoms with Gasteiger partial charge in [-0.1, -0.05) is 41.9 Å². The maximum atomic E-state index is 12.7. The summed E-state index contributed by atoms with van der Waals surface area (Å²) in [6.45, 7) is 1.71. The van der Waals surface area contributed by atoms with Crippen molar-refractivity contribution in [3.8, 4) is 34.7 Å². The van der Waals surface area contributed by atoms with Gasteiger partial charge in [-0.25, -0.2) is 4.98 Å². The van der Waals surface area contributed by atoms with E-state index in [0.29, 0.717) is 55.6 Å². The van der Waals surface area contributed by atoms with Crippen LogP contribution in [0.3, 0.4) is 0 Å². The molecule has 8 heteroatoms. The van der Waals surface area contributed by atoms with Crippen LogP contribution in [0, 0.1) is 29.6 Å². The van der Waals surface area contributed by atoms with Gasteiger partial charge in [-0.05, 0) is 43.3 Å². The Hall–Kier alpha value is -4.98. The molecule has 1 amide bonds. The summed E-state index contributed by atoms with van der Waals surface area (Å²) in [5.74, 6) is 0.276. The van der Waals surface area contributed by atoms with E-state index in [1.54, 1.807) is 67.6 Å². The van der Waals surface area contributed by atoms with Crippen LogP contribution in [-0.2, 0) is 0 Å². The molecule has 0 saturated carbocycles. The molecule has 0 bridgehead atoms. The molecule has 3 aromatic heterocycles. The molecule has 0 spiro atoms. The molecule has 3 heterocycles. The number of anilines is 1. The molecule has 7 nitrogen and oxygen atoms in total. The highest BCUT2D eigenvalue weighted by Crippen LogP contribution is 2.38. The van der Waals surface area contributed by atoms with Gasteiger partial charge in [0.1, 0.15) is 29.3 Å². The maximum absolute atomic E-state index is 12.7. The molecule has 5 aromatic rings. The van der Waals surface area contributed by atoms with E-state index in [9.17, 15) is 15.3 Å². The largest absolute Gasteiger partial charge is 0.456 e. The second kappa shape index (κ2) is 9.34. The van der Waals surface area contributed by atoms with Gasteiger partial charge < -0.3 is 9.73 Å². The predicted molar refractivity (Wildman–Crippen MR) is 136 cm³/mol. The van der Waals surface area contributed by atoms with Crippen molar-refractivity contribution < 1.29 is 9.21 Å². The highest BCUT2D eigenvalue weighted by molar-refractivity contribution is 6.30. The van der Waals surface area contributed by atoms with Crippen LogP contribution in [0.25, 0.3) is 33.6 Å². The van der Waals surface area contributed by atoms with E-state index in [0.717, 1.165) is 0 Å². The topological polar surface area (TPSA) is 116 Å². The Morgan fingerprint density at radius 1 is 1.00 bits per heavy atom. The van der Waals surface area contributed by atoms with Crippen molar-refractivity contribution in [3.05, 3.63) is 100 Å². The summed E-state index contributed by atoms with van der Waals surface area (Å²) >= 11 is 6.03. The Morgan fingerprint density at radius 3 is 2.42 bits per heavy atom. The van der Waals surface area contributed by atoms with Gasteiger partial charge in [0.15, 0.2) is 0 Å². The molecule has 0 aliphatic heterocycles. The first-order valence-electron chi connectivity index (χ1n) is 10.9. The van der Waals surface area contributed by atoms with E-state index in [1.165, 1.54) is 6.20 Å². The first kappa shape index (κ1) is 22.8. The minimum atomic E-state index is -0.321. The standard InChI is InChI=1S/C28H16ClN5O2/c1-16-21(14-30)25(22(15-31)26(33-16)17-7-9-19(29)10-8-17)24-13-20-23(36-24)11-12-32-27(20)34-28(35)18-5-3-2-4-6-18/h2-13H,1H3,(H,32,34,35). The van der Waals surface area contributed by atoms with Crippen LogP contribution in [0.4, 0.5) is 5.82 Å². The number of amides is 1. The molecule has 0 aliphatic carbocycles. The van der Waals surface area contributed by atoms with Crippen molar-refractivity contribution in [2.75, 3.05) is 5.32 Å². The number of nitrogens with one attached hydrogen (secondary N) is 1. The molecule has 36 heavy (non-hydrogen) atoms. The molecule has 0 fully saturated rings. The average Bonchev–Trinajstić information content (AvgIpc) is 3.34. The summed E-state index contributed by atoms with van der Waals surface area (Å²) in [4.78, 5) is 21.6. The summed E-state index contributed by atoms with van der Waals surface area (Å²) in [6, 6.07) is 23.4. The van der Waals surface area contributed by atoms with Gasteiger partial charge in [0.05, 0.1) is 33.5 Å². The molecule has 0 saturated heterocycles. The minimum absolute atomic E-state index is 0.196. The highest BCUT2D eigenvalue weighted by Gasteiger charge is 2.24. The zero-order chi connectivity index (χ0) is 25.2. The molecular formula is C28H16ClN5O2. The predicted octanol–water partition coefficient (Wildman–Crippen LogP) is 6.51. The van der Waals surface area contributed by atoms with Crippen molar-refractivity contribution in [1.82, 2.24) is 9.97 Å². The lowest BCUT2D eigenvalue weighted by molar-refractivity contribution is 0.102. The van der Waals surface area contributed by atoms with Crippen LogP contribution >= 0.6 is 11.6 Å². The van der Waals surface area contributed by atoms with Crippen molar-refractivity contribution in [2.45, 2.75) is 6.92 Å². The molecule has 1 N–H and O–H groups in total. The van der Waals surface area contributed by atoms with Crippen molar-refractivity contribution in [1.29, 1.82) is 10.5 Å². The van der Waals surface area contributed by atoms with Crippen LogP contribution in [0.5, 0.6) is 0 Å². The average molecular weight is 490 g/mol. The monoisotopic (exact) mass is 489 g/mol. The zero-order valence-corrected chi connectivity index (χ0v) is 19.7. The first-order valence-corrected chi connectivity index (χ1v) is 11.2. The Kier molecular flexibility index (Phi) is 5.92. The van der Waals surface area contributed by atoms with Crippen molar-refractivity contribution in [3.63, 3.8) is 0 Å². The third kappa shape index (κ3) is 4.05. The molecule has 0 unspecified atom stereocenters. The lowest BCUT2D eigenvalue weighted by Gasteiger charge is -2.12. The molecule has 2 aromatic carbocycles. The fourth-order valence-electron chi connectivity index (χ4n) is 3.97. The van der Waals surface area contributed by atoms with Gasteiger partial charge in [-0.2, -0.15) is 10.5 Å². The smallest absolute Gasteiger partial charge is 0.256 e. The number of fused-ring (bicyclic) bond motifs is 1. The Bertz CT molecular complexity index is 1710. The number of hydrogen-bond donors (Lipinski definition) is 1. The molecule has 0 atom stereocenters. The van der Waals surface area contributed by atoms with Gasteiger partial charge in [-0.15, -0.1) is 0 Å². The van der Waals surface area contributed by atoms with Crippen LogP contribution < -0.4 is 5.32 Å². The zero-order valence-electron chi connectivity index (χ0n) is 18.9. The number of rotatable bonds is 4. The number of pyridine rings is 2. The number of carbonyl (C=O) groups excluding carboxylic acids is 1. The number of halogens is 1. The van der Waals surface area contributed by atoms with Gasteiger partial charge in [0.2, 0.25) is 0 Å². The third-order valence-corrected chi connectivity index (χ3v) is 5.93. The van der Waals surface area contributed by atoms with E-state index in [-0.39, 0.29) is 17.0 Å². The van der Waals surface area contributed by atoms with Crippen LogP contribution in [0.1, 0.15) is 27.2 Å². The first-order chi connectivity index (χ1) is 17.5. The quantitative estimate of drug-likeness (QED) is 0.307. The lowest BCUT2D eigenvalue weighted by atomic mass is 9.94. The molecule has 172 valence electrons. The van der Waals surface area contributed by atoms with Gasteiger partial charge in [-0.3, -0.25) is 9.78 Å². The van der Waals surface area contributed by atoms with Gasteiger partial charge in [0.25, 0.3) is 5.91 Å². The van der Waals surface area contributed by atoms with Gasteiger partial charge >= 0.3 is 0 Å². The molecule has 0 radical (unpaired) electrons. The van der Waals surface area contributed by atoms with E-state index < -0.39 is 0 Å². The van der Waals surface area contributed by atoms with E-state index >= 15 is 0 Å². The highest BCUT2D eigenvalue weighted by atomic mass is 35.5. The van der Waals surface area contributed by atoms with Crippen molar-refractivity contribution >= 4 is 34.3 Å². The summed E-state index contributed by atoms with van der Waals surface area (Å²) in [7, 11) is 0. The molecule has 0 aliphatic rings. The summed E-state index contributed by atoms with van der Waals surface area (Å²) in [6.07, 6.45) is 1.52. The van der Waals surface area contributed by atoms with Gasteiger partial charge in [0, 0.05) is 22.3 Å². The lowest BCUT2D eigenvalue weighted by Crippen LogP contribution is -2.12. The normalized spacial score (nSPS) is 10.6. The number of benzene rings is 2. The summed E-state index contributed by atoms with van der Waals surface area (Å²) < 4.78 is 6.09. The van der Waals surface area contributed by atoms with E-state index in [4.69, 9.17) is 16.0 Å². The number of nitriles is 2. The number of nitrogens with zero attached hydrogens (tertiary/aromatic N) is 4. The minimum Gasteiger partial charge on any atom is -0.456 e. The Morgan fingerprint density at radius 2 is 1.72 bits per heavy atom. The maximum Gasteiger partial charge on any atom is 0.256 e. The number of hydrogen-bond acceptors (Lipinski definition) is 6. The Balaban J connectivity index is 1.68. The fraction of sp³-hybridized carbons (Fsp3) is 0.0357. The van der Waals surface area contributed by atoms with Crippen LogP contribution in [-0.4, -0.2) is 15.9 Å². The molecule has 5 rings (SSSR count). The Labute approximate surface area is 211 Å². The third-order valence-electron chi connectivity index (χ3n) is 5.68. The number of aromatic nitrogens is 2. The molecular weight excluding hydrogens is 474 g/mol. The second-order valence-electron chi connectivity index (χ2n) is 7.90. The number of furan rings is 1. The second-order valence-corrected chi connectivity index (χ2v) is 8.34. The summed E-state index contributed by atoms with van der Waals surface area (Å²) in [5.41, 5.74) is 3.22. The number of carbonyl (C=O) groups is 1. The van der Waals surface area contributed by atoms with E-state index in [2.05, 4.69) is 27.4 Å². The number of aryl methyl sites for hydroxylation is 1. The van der Waals surface area contributed by atoms with Crippen LogP contribution in [0.2, 0.25) is 5.02 Å². The van der Waals surface area contributed by atoms with Crippen LogP contribution in [0.15, 0.2) is 77.3 Å². The SMILES string of the molecule is Cc1nc(-c2ccc(Cl)cc2)c(C#N)c(-c2cc3c(NC(=O)c4ccccc4)nccc3o2)c1C#N. The fourth-order valence-corrected chi connectivity index (χ4v) is 4.09.